The summed E-state index contributed by atoms with van der Waals surface area (Å²) in [4.78, 5) is 3.35. The van der Waals surface area contributed by atoms with Crippen molar-refractivity contribution in [2.75, 3.05) is 0 Å². The van der Waals surface area contributed by atoms with Gasteiger partial charge in [-0.15, -0.1) is 0 Å². The zero-order chi connectivity index (χ0) is 16.5. The fraction of sp³-hybridized carbons (Fsp3) is 0.0476. The Labute approximate surface area is 148 Å². The molecule has 2 N–H and O–H groups in total. The van der Waals surface area contributed by atoms with Crippen LogP contribution in [0.15, 0.2) is 83.5 Å². The van der Waals surface area contributed by atoms with E-state index < -0.39 is 0 Å². The minimum absolute atomic E-state index is 0.0418. The van der Waals surface area contributed by atoms with Crippen LogP contribution >= 0.6 is 15.9 Å². The van der Waals surface area contributed by atoms with Gasteiger partial charge in [0.1, 0.15) is 5.75 Å². The van der Waals surface area contributed by atoms with E-state index in [-0.39, 0.29) is 5.92 Å². The quantitative estimate of drug-likeness (QED) is 0.463. The van der Waals surface area contributed by atoms with Crippen molar-refractivity contribution in [1.29, 1.82) is 0 Å². The molecule has 1 aromatic heterocycles. The van der Waals surface area contributed by atoms with Crippen LogP contribution in [0.3, 0.4) is 0 Å². The fourth-order valence-corrected chi connectivity index (χ4v) is 3.69. The zero-order valence-electron chi connectivity index (χ0n) is 12.9. The van der Waals surface area contributed by atoms with Crippen LogP contribution in [-0.2, 0) is 0 Å². The maximum Gasteiger partial charge on any atom is 0.119 e. The first-order valence-corrected chi connectivity index (χ1v) is 8.63. The number of benzene rings is 3. The minimum Gasteiger partial charge on any atom is -0.508 e. The third-order valence-electron chi connectivity index (χ3n) is 4.36. The van der Waals surface area contributed by atoms with E-state index in [0.717, 1.165) is 26.7 Å². The SMILES string of the molecule is Oc1ccccc1C(c1cccc(Br)c1)c1c[nH]c2ccccc12. The molecule has 0 aliphatic carbocycles. The van der Waals surface area contributed by atoms with Gasteiger partial charge in [-0.25, -0.2) is 0 Å². The van der Waals surface area contributed by atoms with Crippen LogP contribution in [0.4, 0.5) is 0 Å². The van der Waals surface area contributed by atoms with Crippen LogP contribution in [0.25, 0.3) is 10.9 Å². The fourth-order valence-electron chi connectivity index (χ4n) is 3.28. The van der Waals surface area contributed by atoms with Gasteiger partial charge in [-0.05, 0) is 35.4 Å². The number of hydrogen-bond donors (Lipinski definition) is 2. The number of phenols is 1. The number of aromatic nitrogens is 1. The van der Waals surface area contributed by atoms with Gasteiger partial charge in [-0.2, -0.15) is 0 Å². The van der Waals surface area contributed by atoms with Crippen LogP contribution in [0.1, 0.15) is 22.6 Å². The van der Waals surface area contributed by atoms with Crippen LogP contribution in [0.5, 0.6) is 5.75 Å². The number of H-pyrrole nitrogens is 1. The van der Waals surface area contributed by atoms with Crippen LogP contribution in [0, 0.1) is 0 Å². The molecular weight excluding hydrogens is 362 g/mol. The second-order valence-electron chi connectivity index (χ2n) is 5.84. The molecular formula is C21H16BrNO. The van der Waals surface area contributed by atoms with Crippen LogP contribution in [0.2, 0.25) is 0 Å². The molecule has 0 aliphatic heterocycles. The van der Waals surface area contributed by atoms with Crippen molar-refractivity contribution in [3.63, 3.8) is 0 Å². The molecule has 118 valence electrons. The molecule has 3 aromatic carbocycles. The molecule has 0 amide bonds. The van der Waals surface area contributed by atoms with Gasteiger partial charge in [-0.1, -0.05) is 64.5 Å². The van der Waals surface area contributed by atoms with E-state index in [0.29, 0.717) is 5.75 Å². The van der Waals surface area contributed by atoms with Crippen molar-refractivity contribution in [3.05, 3.63) is 100 Å². The van der Waals surface area contributed by atoms with Crippen molar-refractivity contribution in [3.8, 4) is 5.75 Å². The molecule has 0 bridgehead atoms. The Bertz CT molecular complexity index is 1010. The highest BCUT2D eigenvalue weighted by atomic mass is 79.9. The highest BCUT2D eigenvalue weighted by molar-refractivity contribution is 9.10. The van der Waals surface area contributed by atoms with Crippen molar-refractivity contribution in [2.45, 2.75) is 5.92 Å². The number of rotatable bonds is 3. The van der Waals surface area contributed by atoms with Crippen molar-refractivity contribution < 1.29 is 5.11 Å². The normalized spacial score (nSPS) is 12.4. The van der Waals surface area contributed by atoms with E-state index in [1.54, 1.807) is 6.07 Å². The molecule has 0 saturated carbocycles. The monoisotopic (exact) mass is 377 g/mol. The van der Waals surface area contributed by atoms with Crippen LogP contribution < -0.4 is 0 Å². The Balaban J connectivity index is 1.99. The lowest BCUT2D eigenvalue weighted by molar-refractivity contribution is 0.467. The van der Waals surface area contributed by atoms with E-state index in [2.05, 4.69) is 45.2 Å². The molecule has 2 nitrogen and oxygen atoms in total. The smallest absolute Gasteiger partial charge is 0.119 e. The second kappa shape index (κ2) is 6.17. The van der Waals surface area contributed by atoms with Gasteiger partial charge in [0.15, 0.2) is 0 Å². The molecule has 4 aromatic rings. The third kappa shape index (κ3) is 2.61. The third-order valence-corrected chi connectivity index (χ3v) is 4.86. The number of aromatic amines is 1. The Morgan fingerprint density at radius 2 is 1.62 bits per heavy atom. The van der Waals surface area contributed by atoms with Gasteiger partial charge in [0.25, 0.3) is 0 Å². The minimum atomic E-state index is -0.0418. The Morgan fingerprint density at radius 1 is 0.833 bits per heavy atom. The van der Waals surface area contributed by atoms with Crippen molar-refractivity contribution >= 4 is 26.8 Å². The molecule has 0 spiro atoms. The number of para-hydroxylation sites is 2. The molecule has 0 radical (unpaired) electrons. The maximum absolute atomic E-state index is 10.5. The lowest BCUT2D eigenvalue weighted by atomic mass is 9.84. The summed E-state index contributed by atoms with van der Waals surface area (Å²) in [5.41, 5.74) is 4.30. The van der Waals surface area contributed by atoms with Crippen molar-refractivity contribution in [2.24, 2.45) is 0 Å². The highest BCUT2D eigenvalue weighted by Gasteiger charge is 2.22. The predicted octanol–water partition coefficient (Wildman–Crippen LogP) is 5.82. The Morgan fingerprint density at radius 3 is 2.46 bits per heavy atom. The summed E-state index contributed by atoms with van der Waals surface area (Å²) in [7, 11) is 0. The number of phenolic OH excluding ortho intramolecular Hbond substituents is 1. The predicted molar refractivity (Wildman–Crippen MR) is 101 cm³/mol. The largest absolute Gasteiger partial charge is 0.508 e. The molecule has 1 unspecified atom stereocenters. The summed E-state index contributed by atoms with van der Waals surface area (Å²) in [6.07, 6.45) is 2.04. The van der Waals surface area contributed by atoms with Gasteiger partial charge in [0.2, 0.25) is 0 Å². The molecule has 1 heterocycles. The topological polar surface area (TPSA) is 36.0 Å². The highest BCUT2D eigenvalue weighted by Crippen LogP contribution is 2.40. The van der Waals surface area contributed by atoms with Gasteiger partial charge in [-0.3, -0.25) is 0 Å². The summed E-state index contributed by atoms with van der Waals surface area (Å²) in [5, 5.41) is 11.6. The number of halogens is 1. The second-order valence-corrected chi connectivity index (χ2v) is 6.75. The molecule has 24 heavy (non-hydrogen) atoms. The summed E-state index contributed by atoms with van der Waals surface area (Å²) >= 11 is 3.56. The van der Waals surface area contributed by atoms with E-state index in [1.807, 2.05) is 48.7 Å². The van der Waals surface area contributed by atoms with Crippen molar-refractivity contribution in [1.82, 2.24) is 4.98 Å². The van der Waals surface area contributed by atoms with E-state index in [9.17, 15) is 5.11 Å². The van der Waals surface area contributed by atoms with Gasteiger partial charge in [0.05, 0.1) is 0 Å². The summed E-state index contributed by atoms with van der Waals surface area (Å²) in [5.74, 6) is 0.271. The molecule has 0 fully saturated rings. The Kier molecular flexibility index (Phi) is 3.87. The van der Waals surface area contributed by atoms with E-state index in [1.165, 1.54) is 5.39 Å². The van der Waals surface area contributed by atoms with Gasteiger partial charge < -0.3 is 10.1 Å². The first kappa shape index (κ1) is 15.0. The standard InChI is InChI=1S/C21H16BrNO/c22-15-7-5-6-14(12-15)21(17-9-2-4-11-20(17)24)18-13-23-19-10-3-1-8-16(18)19/h1-13,21,23-24H. The lowest BCUT2D eigenvalue weighted by Crippen LogP contribution is -2.03. The summed E-state index contributed by atoms with van der Waals surface area (Å²) in [6.45, 7) is 0. The maximum atomic E-state index is 10.5. The Hall–Kier alpha value is -2.52. The average Bonchev–Trinajstić information content (AvgIpc) is 3.01. The number of nitrogens with one attached hydrogen (secondary N) is 1. The first-order valence-electron chi connectivity index (χ1n) is 7.83. The lowest BCUT2D eigenvalue weighted by Gasteiger charge is -2.19. The average molecular weight is 378 g/mol. The van der Waals surface area contributed by atoms with E-state index in [4.69, 9.17) is 0 Å². The first-order chi connectivity index (χ1) is 11.7. The number of hydrogen-bond acceptors (Lipinski definition) is 1. The van der Waals surface area contributed by atoms with E-state index >= 15 is 0 Å². The summed E-state index contributed by atoms with van der Waals surface area (Å²) < 4.78 is 1.03. The summed E-state index contributed by atoms with van der Waals surface area (Å²) in [6, 6.07) is 24.1. The number of aromatic hydroxyl groups is 1. The molecule has 1 atom stereocenters. The van der Waals surface area contributed by atoms with Gasteiger partial charge in [0, 0.05) is 33.1 Å². The molecule has 0 saturated heterocycles. The van der Waals surface area contributed by atoms with Gasteiger partial charge >= 0.3 is 0 Å². The zero-order valence-corrected chi connectivity index (χ0v) is 14.5. The molecule has 0 aliphatic rings. The molecule has 4 rings (SSSR count). The molecule has 3 heteroatoms. The number of fused-ring (bicyclic) bond motifs is 1. The van der Waals surface area contributed by atoms with Crippen LogP contribution in [-0.4, -0.2) is 10.1 Å².